The van der Waals surface area contributed by atoms with Crippen molar-refractivity contribution in [1.82, 2.24) is 10.1 Å². The van der Waals surface area contributed by atoms with Crippen LogP contribution in [-0.2, 0) is 5.41 Å². The van der Waals surface area contributed by atoms with Crippen molar-refractivity contribution < 1.29 is 4.52 Å². The van der Waals surface area contributed by atoms with E-state index in [4.69, 9.17) is 4.52 Å². The molecule has 0 aliphatic rings. The van der Waals surface area contributed by atoms with Gasteiger partial charge in [0.1, 0.15) is 0 Å². The predicted molar refractivity (Wildman–Crippen MR) is 119 cm³/mol. The molecule has 4 aromatic carbocycles. The Hall–Kier alpha value is -3.46. The molecule has 5 rings (SSSR count). The average Bonchev–Trinajstić information content (AvgIpc) is 3.24. The van der Waals surface area contributed by atoms with Gasteiger partial charge in [-0.15, -0.1) is 0 Å². The van der Waals surface area contributed by atoms with E-state index < -0.39 is 0 Å². The molecular formula is C26H22N2O. The number of hydrogen-bond donors (Lipinski definition) is 0. The minimum Gasteiger partial charge on any atom is -0.334 e. The summed E-state index contributed by atoms with van der Waals surface area (Å²) >= 11 is 0. The van der Waals surface area contributed by atoms with Crippen molar-refractivity contribution in [3.63, 3.8) is 0 Å². The predicted octanol–water partition coefficient (Wildman–Crippen LogP) is 7.01. The fourth-order valence-electron chi connectivity index (χ4n) is 3.73. The van der Waals surface area contributed by atoms with Gasteiger partial charge < -0.3 is 4.52 Å². The van der Waals surface area contributed by atoms with Gasteiger partial charge in [-0.2, -0.15) is 4.98 Å². The number of rotatable bonds is 2. The van der Waals surface area contributed by atoms with Crippen molar-refractivity contribution in [2.24, 2.45) is 0 Å². The quantitative estimate of drug-likeness (QED) is 0.310. The summed E-state index contributed by atoms with van der Waals surface area (Å²) in [5.41, 5.74) is 3.20. The third kappa shape index (κ3) is 3.09. The van der Waals surface area contributed by atoms with Crippen LogP contribution in [0.15, 0.2) is 83.4 Å². The Morgan fingerprint density at radius 3 is 2.00 bits per heavy atom. The van der Waals surface area contributed by atoms with E-state index in [2.05, 4.69) is 110 Å². The molecule has 0 aliphatic heterocycles. The summed E-state index contributed by atoms with van der Waals surface area (Å²) < 4.78 is 5.49. The highest BCUT2D eigenvalue weighted by atomic mass is 16.5. The number of aromatic nitrogens is 2. The Bertz CT molecular complexity index is 1320. The van der Waals surface area contributed by atoms with Crippen molar-refractivity contribution in [2.45, 2.75) is 26.2 Å². The lowest BCUT2D eigenvalue weighted by Crippen LogP contribution is -2.13. The SMILES string of the molecule is CC(C)(C)c1noc(-c2ccc(-c3cc4ccccc4c4ccccc34)cc2)n1. The second kappa shape index (κ2) is 6.56. The molecule has 0 saturated carbocycles. The Kier molecular flexibility index (Phi) is 3.99. The zero-order chi connectivity index (χ0) is 20.0. The average molecular weight is 378 g/mol. The van der Waals surface area contributed by atoms with Gasteiger partial charge in [0.15, 0.2) is 5.82 Å². The first-order chi connectivity index (χ1) is 14.0. The fourth-order valence-corrected chi connectivity index (χ4v) is 3.73. The van der Waals surface area contributed by atoms with Crippen LogP contribution < -0.4 is 0 Å². The Balaban J connectivity index is 1.61. The van der Waals surface area contributed by atoms with E-state index in [1.807, 2.05) is 0 Å². The van der Waals surface area contributed by atoms with Crippen molar-refractivity contribution in [3.05, 3.63) is 84.7 Å². The van der Waals surface area contributed by atoms with Crippen LogP contribution in [0.3, 0.4) is 0 Å². The van der Waals surface area contributed by atoms with Gasteiger partial charge in [0.05, 0.1) is 0 Å². The standard InChI is InChI=1S/C26H22N2O/c1-26(2,3)25-27-24(29-28-25)18-14-12-17(13-15-18)23-16-19-8-4-5-9-20(19)21-10-6-7-11-22(21)23/h4-16H,1-3H3. The highest BCUT2D eigenvalue weighted by molar-refractivity contribution is 6.13. The van der Waals surface area contributed by atoms with E-state index in [0.29, 0.717) is 5.89 Å². The minimum absolute atomic E-state index is 0.133. The number of nitrogens with zero attached hydrogens (tertiary/aromatic N) is 2. The molecule has 3 heteroatoms. The van der Waals surface area contributed by atoms with Crippen molar-refractivity contribution in [1.29, 1.82) is 0 Å². The smallest absolute Gasteiger partial charge is 0.257 e. The minimum atomic E-state index is -0.133. The summed E-state index contributed by atoms with van der Waals surface area (Å²) in [7, 11) is 0. The topological polar surface area (TPSA) is 38.9 Å². The normalized spacial score (nSPS) is 12.0. The molecule has 0 fully saturated rings. The maximum Gasteiger partial charge on any atom is 0.257 e. The molecule has 0 atom stereocenters. The van der Waals surface area contributed by atoms with Gasteiger partial charge in [-0.1, -0.05) is 86.6 Å². The van der Waals surface area contributed by atoms with E-state index in [-0.39, 0.29) is 5.41 Å². The molecule has 0 saturated heterocycles. The van der Waals surface area contributed by atoms with Gasteiger partial charge >= 0.3 is 0 Å². The zero-order valence-electron chi connectivity index (χ0n) is 16.8. The van der Waals surface area contributed by atoms with E-state index >= 15 is 0 Å². The fraction of sp³-hybridized carbons (Fsp3) is 0.154. The second-order valence-electron chi connectivity index (χ2n) is 8.44. The summed E-state index contributed by atoms with van der Waals surface area (Å²) in [6.07, 6.45) is 0. The number of hydrogen-bond acceptors (Lipinski definition) is 3. The number of benzene rings is 4. The maximum atomic E-state index is 5.49. The Labute approximate surface area is 170 Å². The Morgan fingerprint density at radius 2 is 1.31 bits per heavy atom. The van der Waals surface area contributed by atoms with Crippen LogP contribution in [0, 0.1) is 0 Å². The molecule has 0 amide bonds. The molecule has 0 aliphatic carbocycles. The van der Waals surface area contributed by atoms with Gasteiger partial charge in [0.25, 0.3) is 5.89 Å². The van der Waals surface area contributed by atoms with Gasteiger partial charge in [-0.05, 0) is 50.9 Å². The van der Waals surface area contributed by atoms with Gasteiger partial charge in [0.2, 0.25) is 0 Å². The molecule has 29 heavy (non-hydrogen) atoms. The van der Waals surface area contributed by atoms with Crippen LogP contribution in [0.5, 0.6) is 0 Å². The van der Waals surface area contributed by atoms with Crippen molar-refractivity contribution in [3.8, 4) is 22.6 Å². The first kappa shape index (κ1) is 17.6. The molecular weight excluding hydrogens is 356 g/mol. The molecule has 0 N–H and O–H groups in total. The van der Waals surface area contributed by atoms with Crippen LogP contribution in [0.4, 0.5) is 0 Å². The molecule has 1 heterocycles. The zero-order valence-corrected chi connectivity index (χ0v) is 16.8. The molecule has 0 radical (unpaired) electrons. The highest BCUT2D eigenvalue weighted by Gasteiger charge is 2.21. The van der Waals surface area contributed by atoms with Crippen LogP contribution in [-0.4, -0.2) is 10.1 Å². The first-order valence-electron chi connectivity index (χ1n) is 9.86. The van der Waals surface area contributed by atoms with Crippen LogP contribution in [0.2, 0.25) is 0 Å². The van der Waals surface area contributed by atoms with Crippen molar-refractivity contribution in [2.75, 3.05) is 0 Å². The molecule has 1 aromatic heterocycles. The van der Waals surface area contributed by atoms with E-state index in [1.54, 1.807) is 0 Å². The van der Waals surface area contributed by atoms with Crippen LogP contribution in [0.1, 0.15) is 26.6 Å². The van der Waals surface area contributed by atoms with Gasteiger partial charge in [-0.25, -0.2) is 0 Å². The molecule has 0 bridgehead atoms. The highest BCUT2D eigenvalue weighted by Crippen LogP contribution is 2.35. The largest absolute Gasteiger partial charge is 0.334 e. The summed E-state index contributed by atoms with van der Waals surface area (Å²) in [6.45, 7) is 6.24. The lowest BCUT2D eigenvalue weighted by Gasteiger charge is -2.11. The third-order valence-electron chi connectivity index (χ3n) is 5.31. The lowest BCUT2D eigenvalue weighted by atomic mass is 9.93. The number of fused-ring (bicyclic) bond motifs is 3. The second-order valence-corrected chi connectivity index (χ2v) is 8.44. The van der Waals surface area contributed by atoms with Gasteiger partial charge in [-0.3, -0.25) is 0 Å². The molecule has 0 spiro atoms. The van der Waals surface area contributed by atoms with E-state index in [9.17, 15) is 0 Å². The molecule has 5 aromatic rings. The third-order valence-corrected chi connectivity index (χ3v) is 5.31. The van der Waals surface area contributed by atoms with Crippen LogP contribution in [0.25, 0.3) is 44.1 Å². The summed E-state index contributed by atoms with van der Waals surface area (Å²) in [5.74, 6) is 1.28. The van der Waals surface area contributed by atoms with E-state index in [0.717, 1.165) is 11.4 Å². The summed E-state index contributed by atoms with van der Waals surface area (Å²) in [4.78, 5) is 4.57. The summed E-state index contributed by atoms with van der Waals surface area (Å²) in [6, 6.07) is 27.8. The molecule has 142 valence electrons. The lowest BCUT2D eigenvalue weighted by molar-refractivity contribution is 0.402. The molecule has 3 nitrogen and oxygen atoms in total. The van der Waals surface area contributed by atoms with E-state index in [1.165, 1.54) is 32.7 Å². The monoisotopic (exact) mass is 378 g/mol. The van der Waals surface area contributed by atoms with Crippen LogP contribution >= 0.6 is 0 Å². The summed E-state index contributed by atoms with van der Waals surface area (Å²) in [5, 5.41) is 9.19. The molecule has 0 unspecified atom stereocenters. The maximum absolute atomic E-state index is 5.49. The van der Waals surface area contributed by atoms with Crippen molar-refractivity contribution >= 4 is 21.5 Å². The first-order valence-corrected chi connectivity index (χ1v) is 9.86. The van der Waals surface area contributed by atoms with Gasteiger partial charge in [0, 0.05) is 11.0 Å². The Morgan fingerprint density at radius 1 is 0.690 bits per heavy atom.